The van der Waals surface area contributed by atoms with Crippen molar-refractivity contribution in [3.05, 3.63) is 62.9 Å². The largest absolute Gasteiger partial charge is 0.481 e. The zero-order valence-electron chi connectivity index (χ0n) is 19.9. The van der Waals surface area contributed by atoms with E-state index >= 15 is 0 Å². The standard InChI is InChI=1S/C26H25N3O6/c1-5-26(11-20(30)31)17-10-19-22-16(13-29(19)23(32)21(17)24(33)34-26)15(12-27-35-25(2,3)4)14-8-6-7-9-18(14)28-22/h6-10,12H,5,11,13H2,1-4H3,(H,30,31)/b27-12+. The van der Waals surface area contributed by atoms with Crippen LogP contribution in [0.25, 0.3) is 22.3 Å². The summed E-state index contributed by atoms with van der Waals surface area (Å²) in [5.74, 6) is -1.91. The number of carbonyl (C=O) groups excluding carboxylic acids is 1. The Kier molecular flexibility index (Phi) is 5.05. The molecule has 0 aliphatic carbocycles. The smallest absolute Gasteiger partial charge is 0.345 e. The van der Waals surface area contributed by atoms with E-state index in [0.29, 0.717) is 22.5 Å². The molecule has 35 heavy (non-hydrogen) atoms. The van der Waals surface area contributed by atoms with Gasteiger partial charge in [0.1, 0.15) is 16.8 Å². The lowest BCUT2D eigenvalue weighted by atomic mass is 9.87. The molecule has 0 spiro atoms. The molecule has 1 N–H and O–H groups in total. The molecular formula is C26H25N3O6. The number of hydrogen-bond acceptors (Lipinski definition) is 7. The Balaban J connectivity index is 1.75. The Labute approximate surface area is 201 Å². The predicted molar refractivity (Wildman–Crippen MR) is 129 cm³/mol. The van der Waals surface area contributed by atoms with E-state index in [-0.39, 0.29) is 18.5 Å². The average molecular weight is 476 g/mol. The van der Waals surface area contributed by atoms with Crippen molar-refractivity contribution in [1.82, 2.24) is 9.55 Å². The van der Waals surface area contributed by atoms with E-state index in [4.69, 9.17) is 14.6 Å². The van der Waals surface area contributed by atoms with Crippen LogP contribution < -0.4 is 5.56 Å². The zero-order chi connectivity index (χ0) is 25.1. The molecule has 0 bridgehead atoms. The number of pyridine rings is 2. The number of rotatable bonds is 5. The number of carboxylic acid groups (broad SMARTS) is 1. The van der Waals surface area contributed by atoms with Crippen LogP contribution in [0, 0.1) is 0 Å². The highest BCUT2D eigenvalue weighted by Gasteiger charge is 2.49. The van der Waals surface area contributed by atoms with Crippen LogP contribution in [0.5, 0.6) is 0 Å². The summed E-state index contributed by atoms with van der Waals surface area (Å²) in [5, 5.41) is 14.5. The van der Waals surface area contributed by atoms with Crippen molar-refractivity contribution in [1.29, 1.82) is 0 Å². The van der Waals surface area contributed by atoms with Gasteiger partial charge in [0.05, 0.1) is 36.1 Å². The third kappa shape index (κ3) is 3.58. The Hall–Kier alpha value is -4.01. The fraction of sp³-hybridized carbons (Fsp3) is 0.346. The highest BCUT2D eigenvalue weighted by atomic mass is 16.6. The number of cyclic esters (lactones) is 1. The van der Waals surface area contributed by atoms with Gasteiger partial charge in [-0.2, -0.15) is 0 Å². The second-order valence-corrected chi connectivity index (χ2v) is 9.83. The molecule has 4 heterocycles. The van der Waals surface area contributed by atoms with Crippen LogP contribution in [0.4, 0.5) is 0 Å². The number of benzene rings is 1. The summed E-state index contributed by atoms with van der Waals surface area (Å²) in [5.41, 5.74) is 1.17. The molecule has 9 nitrogen and oxygen atoms in total. The maximum absolute atomic E-state index is 13.5. The average Bonchev–Trinajstić information content (AvgIpc) is 3.28. The van der Waals surface area contributed by atoms with Gasteiger partial charge in [-0.05, 0) is 39.3 Å². The molecule has 0 amide bonds. The van der Waals surface area contributed by atoms with Gasteiger partial charge >= 0.3 is 11.9 Å². The molecule has 9 heteroatoms. The van der Waals surface area contributed by atoms with Gasteiger partial charge in [-0.15, -0.1) is 0 Å². The molecule has 2 aliphatic rings. The maximum Gasteiger partial charge on any atom is 0.345 e. The Morgan fingerprint density at radius 3 is 2.74 bits per heavy atom. The minimum Gasteiger partial charge on any atom is -0.481 e. The number of nitrogens with zero attached hydrogens (tertiary/aromatic N) is 3. The number of para-hydroxylation sites is 1. The first kappa shape index (κ1) is 22.8. The van der Waals surface area contributed by atoms with Crippen molar-refractivity contribution in [2.75, 3.05) is 0 Å². The van der Waals surface area contributed by atoms with Crippen LogP contribution in [0.15, 0.2) is 40.3 Å². The van der Waals surface area contributed by atoms with Crippen molar-refractivity contribution in [3.63, 3.8) is 0 Å². The lowest BCUT2D eigenvalue weighted by Crippen LogP contribution is -2.30. The lowest BCUT2D eigenvalue weighted by molar-refractivity contribution is -0.142. The Morgan fingerprint density at radius 2 is 2.06 bits per heavy atom. The van der Waals surface area contributed by atoms with Crippen LogP contribution in [-0.2, 0) is 26.5 Å². The molecule has 5 rings (SSSR count). The van der Waals surface area contributed by atoms with Crippen LogP contribution in [-0.4, -0.2) is 38.4 Å². The molecule has 1 aromatic carbocycles. The summed E-state index contributed by atoms with van der Waals surface area (Å²) < 4.78 is 7.01. The Bertz CT molecular complexity index is 1500. The van der Waals surface area contributed by atoms with Crippen LogP contribution in [0.1, 0.15) is 67.6 Å². The topological polar surface area (TPSA) is 120 Å². The molecule has 0 fully saturated rings. The molecular weight excluding hydrogens is 450 g/mol. The van der Waals surface area contributed by atoms with E-state index in [2.05, 4.69) is 5.16 Å². The van der Waals surface area contributed by atoms with E-state index in [1.807, 2.05) is 45.0 Å². The number of esters is 1. The monoisotopic (exact) mass is 475 g/mol. The highest BCUT2D eigenvalue weighted by molar-refractivity contribution is 6.02. The molecule has 0 saturated carbocycles. The number of aromatic nitrogens is 2. The zero-order valence-corrected chi connectivity index (χ0v) is 19.9. The summed E-state index contributed by atoms with van der Waals surface area (Å²) in [6.45, 7) is 7.61. The van der Waals surface area contributed by atoms with Crippen LogP contribution in [0.2, 0.25) is 0 Å². The van der Waals surface area contributed by atoms with Crippen molar-refractivity contribution in [3.8, 4) is 11.4 Å². The van der Waals surface area contributed by atoms with Gasteiger partial charge < -0.3 is 19.2 Å². The second-order valence-electron chi connectivity index (χ2n) is 9.83. The van der Waals surface area contributed by atoms with E-state index in [9.17, 15) is 19.5 Å². The summed E-state index contributed by atoms with van der Waals surface area (Å²) in [4.78, 5) is 48.2. The van der Waals surface area contributed by atoms with E-state index in [1.54, 1.807) is 19.2 Å². The third-order valence-corrected chi connectivity index (χ3v) is 6.40. The number of hydrogen-bond donors (Lipinski definition) is 1. The van der Waals surface area contributed by atoms with E-state index in [1.165, 1.54) is 4.57 Å². The van der Waals surface area contributed by atoms with Gasteiger partial charge in [0.15, 0.2) is 0 Å². The fourth-order valence-corrected chi connectivity index (χ4v) is 4.79. The second kappa shape index (κ2) is 7.76. The fourth-order valence-electron chi connectivity index (χ4n) is 4.79. The molecule has 2 aromatic heterocycles. The van der Waals surface area contributed by atoms with Crippen molar-refractivity contribution < 1.29 is 24.3 Å². The summed E-state index contributed by atoms with van der Waals surface area (Å²) in [7, 11) is 0. The number of fused-ring (bicyclic) bond motifs is 5. The van der Waals surface area contributed by atoms with Gasteiger partial charge in [-0.25, -0.2) is 9.78 Å². The highest BCUT2D eigenvalue weighted by Crippen LogP contribution is 2.44. The minimum atomic E-state index is -1.39. The van der Waals surface area contributed by atoms with Crippen molar-refractivity contribution >= 4 is 29.1 Å². The minimum absolute atomic E-state index is 0.111. The molecule has 3 aromatic rings. The Morgan fingerprint density at radius 1 is 1.31 bits per heavy atom. The number of carboxylic acids is 1. The number of ether oxygens (including phenoxy) is 1. The van der Waals surface area contributed by atoms with E-state index in [0.717, 1.165) is 16.5 Å². The first-order valence-corrected chi connectivity index (χ1v) is 11.4. The molecule has 1 atom stereocenters. The quantitative estimate of drug-likeness (QED) is 0.265. The number of oxime groups is 1. The first-order valence-electron chi connectivity index (χ1n) is 11.4. The molecule has 0 radical (unpaired) electrons. The molecule has 0 saturated heterocycles. The third-order valence-electron chi connectivity index (χ3n) is 6.40. The summed E-state index contributed by atoms with van der Waals surface area (Å²) in [6.07, 6.45) is 1.43. The van der Waals surface area contributed by atoms with Gasteiger partial charge in [-0.3, -0.25) is 9.59 Å². The molecule has 2 aliphatic heterocycles. The molecule has 180 valence electrons. The van der Waals surface area contributed by atoms with Gasteiger partial charge in [0, 0.05) is 22.1 Å². The number of aliphatic carboxylic acids is 1. The van der Waals surface area contributed by atoms with Gasteiger partial charge in [0.2, 0.25) is 0 Å². The predicted octanol–water partition coefficient (Wildman–Crippen LogP) is 3.82. The first-order chi connectivity index (χ1) is 16.5. The van der Waals surface area contributed by atoms with Crippen LogP contribution in [0.3, 0.4) is 0 Å². The lowest BCUT2D eigenvalue weighted by Gasteiger charge is -2.25. The summed E-state index contributed by atoms with van der Waals surface area (Å²) >= 11 is 0. The van der Waals surface area contributed by atoms with Crippen molar-refractivity contribution in [2.45, 2.75) is 58.3 Å². The van der Waals surface area contributed by atoms with Gasteiger partial charge in [0.25, 0.3) is 5.56 Å². The maximum atomic E-state index is 13.5. The SMILES string of the molecule is CCC1(CC(=O)O)OC(=O)c2c1cc1n(c2=O)Cc2c-1nc1ccccc1c2/C=N/OC(C)(C)C. The molecule has 1 unspecified atom stereocenters. The normalized spacial score (nSPS) is 18.5. The van der Waals surface area contributed by atoms with Crippen LogP contribution >= 0.6 is 0 Å². The van der Waals surface area contributed by atoms with E-state index < -0.39 is 35.1 Å². The van der Waals surface area contributed by atoms with Gasteiger partial charge in [-0.1, -0.05) is 30.3 Å². The number of carbonyl (C=O) groups is 2. The van der Waals surface area contributed by atoms with Crippen molar-refractivity contribution in [2.24, 2.45) is 5.16 Å². The summed E-state index contributed by atoms with van der Waals surface area (Å²) in [6, 6.07) is 9.27.